The molecule has 2 rings (SSSR count). The van der Waals surface area contributed by atoms with Gasteiger partial charge in [-0.25, -0.2) is 0 Å². The molecular formula is C19H22ClNO5. The van der Waals surface area contributed by atoms with Crippen LogP contribution in [0.1, 0.15) is 17.3 Å². The van der Waals surface area contributed by atoms with Crippen LogP contribution in [-0.4, -0.2) is 39.9 Å². The van der Waals surface area contributed by atoms with Gasteiger partial charge in [-0.2, -0.15) is 0 Å². The molecule has 0 saturated heterocycles. The van der Waals surface area contributed by atoms with Crippen LogP contribution in [0.3, 0.4) is 0 Å². The van der Waals surface area contributed by atoms with Crippen LogP contribution in [0.5, 0.6) is 23.0 Å². The summed E-state index contributed by atoms with van der Waals surface area (Å²) in [4.78, 5) is 12.5. The summed E-state index contributed by atoms with van der Waals surface area (Å²) in [6.07, 6.45) is 0. The maximum absolute atomic E-state index is 12.5. The Balaban J connectivity index is 2.03. The summed E-state index contributed by atoms with van der Waals surface area (Å²) >= 11 is 5.84. The molecule has 140 valence electrons. The van der Waals surface area contributed by atoms with E-state index < -0.39 is 0 Å². The second-order valence-corrected chi connectivity index (χ2v) is 5.99. The minimum Gasteiger partial charge on any atom is -0.493 e. The summed E-state index contributed by atoms with van der Waals surface area (Å²) in [5.74, 6) is 1.69. The van der Waals surface area contributed by atoms with E-state index in [4.69, 9.17) is 30.5 Å². The van der Waals surface area contributed by atoms with E-state index in [1.165, 1.54) is 21.3 Å². The van der Waals surface area contributed by atoms with Gasteiger partial charge in [-0.05, 0) is 43.3 Å². The van der Waals surface area contributed by atoms with Crippen molar-refractivity contribution >= 4 is 17.5 Å². The standard InChI is InChI=1S/C19H22ClNO5/c1-12(11-26-15-7-5-14(20)6-8-15)21-19(22)13-9-16(23-2)18(25-4)17(10-13)24-3/h5-10,12H,11H2,1-4H3,(H,21,22)/t12-/m1/s1. The number of carbonyl (C=O) groups is 1. The molecule has 0 radical (unpaired) electrons. The third kappa shape index (κ3) is 4.95. The number of hydrogen-bond acceptors (Lipinski definition) is 5. The molecule has 0 aliphatic carbocycles. The number of rotatable bonds is 8. The second kappa shape index (κ2) is 9.20. The predicted molar refractivity (Wildman–Crippen MR) is 100.0 cm³/mol. The number of nitrogens with one attached hydrogen (secondary N) is 1. The van der Waals surface area contributed by atoms with Gasteiger partial charge >= 0.3 is 0 Å². The molecule has 0 heterocycles. The van der Waals surface area contributed by atoms with Crippen molar-refractivity contribution in [3.8, 4) is 23.0 Å². The minimum atomic E-state index is -0.267. The van der Waals surface area contributed by atoms with Gasteiger partial charge in [0.1, 0.15) is 12.4 Å². The number of halogens is 1. The van der Waals surface area contributed by atoms with Crippen LogP contribution in [0.4, 0.5) is 0 Å². The lowest BCUT2D eigenvalue weighted by molar-refractivity contribution is 0.0926. The minimum absolute atomic E-state index is 0.211. The van der Waals surface area contributed by atoms with Crippen LogP contribution >= 0.6 is 11.6 Å². The Hall–Kier alpha value is -2.60. The average molecular weight is 380 g/mol. The zero-order valence-corrected chi connectivity index (χ0v) is 15.9. The van der Waals surface area contributed by atoms with Crippen LogP contribution < -0.4 is 24.3 Å². The number of methoxy groups -OCH3 is 3. The van der Waals surface area contributed by atoms with Gasteiger partial charge in [0.15, 0.2) is 11.5 Å². The number of benzene rings is 2. The normalized spacial score (nSPS) is 11.4. The number of hydrogen-bond donors (Lipinski definition) is 1. The first-order chi connectivity index (χ1) is 12.5. The van der Waals surface area contributed by atoms with Crippen LogP contribution in [0.15, 0.2) is 36.4 Å². The SMILES string of the molecule is COc1cc(C(=O)N[C@H](C)COc2ccc(Cl)cc2)cc(OC)c1OC. The van der Waals surface area contributed by atoms with Crippen LogP contribution in [0.25, 0.3) is 0 Å². The first kappa shape index (κ1) is 19.7. The molecule has 1 amide bonds. The van der Waals surface area contributed by atoms with Gasteiger partial charge in [0.2, 0.25) is 5.75 Å². The summed E-state index contributed by atoms with van der Waals surface area (Å²) in [6.45, 7) is 2.17. The van der Waals surface area contributed by atoms with Gasteiger partial charge in [0.25, 0.3) is 5.91 Å². The van der Waals surface area contributed by atoms with E-state index in [1.807, 2.05) is 6.92 Å². The van der Waals surface area contributed by atoms with E-state index in [2.05, 4.69) is 5.32 Å². The predicted octanol–water partition coefficient (Wildman–Crippen LogP) is 3.56. The summed E-state index contributed by atoms with van der Waals surface area (Å²) < 4.78 is 21.4. The summed E-state index contributed by atoms with van der Waals surface area (Å²) in [6, 6.07) is 10.0. The third-order valence-corrected chi connectivity index (χ3v) is 3.87. The Morgan fingerprint density at radius 2 is 1.62 bits per heavy atom. The van der Waals surface area contributed by atoms with Gasteiger partial charge < -0.3 is 24.3 Å². The van der Waals surface area contributed by atoms with E-state index in [1.54, 1.807) is 36.4 Å². The highest BCUT2D eigenvalue weighted by Crippen LogP contribution is 2.38. The molecule has 0 fully saturated rings. The molecule has 6 nitrogen and oxygen atoms in total. The molecule has 0 aliphatic rings. The molecule has 0 unspecified atom stereocenters. The topological polar surface area (TPSA) is 66.0 Å². The maximum atomic E-state index is 12.5. The fourth-order valence-electron chi connectivity index (χ4n) is 2.31. The van der Waals surface area contributed by atoms with Gasteiger partial charge in [0.05, 0.1) is 27.4 Å². The molecule has 0 aromatic heterocycles. The zero-order valence-electron chi connectivity index (χ0n) is 15.2. The highest BCUT2D eigenvalue weighted by atomic mass is 35.5. The first-order valence-electron chi connectivity index (χ1n) is 7.97. The molecule has 2 aromatic rings. The van der Waals surface area contributed by atoms with Gasteiger partial charge in [-0.3, -0.25) is 4.79 Å². The Kier molecular flexibility index (Phi) is 6.97. The van der Waals surface area contributed by atoms with Gasteiger partial charge in [-0.15, -0.1) is 0 Å². The number of ether oxygens (including phenoxy) is 4. The largest absolute Gasteiger partial charge is 0.493 e. The molecule has 1 N–H and O–H groups in total. The zero-order chi connectivity index (χ0) is 19.1. The second-order valence-electron chi connectivity index (χ2n) is 5.55. The summed E-state index contributed by atoms with van der Waals surface area (Å²) in [5, 5.41) is 3.52. The molecule has 26 heavy (non-hydrogen) atoms. The quantitative estimate of drug-likeness (QED) is 0.759. The molecule has 0 aliphatic heterocycles. The van der Waals surface area contributed by atoms with Crippen LogP contribution in [-0.2, 0) is 0 Å². The first-order valence-corrected chi connectivity index (χ1v) is 8.35. The molecule has 2 aromatic carbocycles. The van der Waals surface area contributed by atoms with E-state index in [-0.39, 0.29) is 11.9 Å². The van der Waals surface area contributed by atoms with Crippen molar-refractivity contribution in [2.45, 2.75) is 13.0 Å². The lowest BCUT2D eigenvalue weighted by Crippen LogP contribution is -2.36. The molecule has 7 heteroatoms. The Labute approximate surface area is 158 Å². The Bertz CT molecular complexity index is 723. The summed E-state index contributed by atoms with van der Waals surface area (Å²) in [5.41, 5.74) is 0.401. The Morgan fingerprint density at radius 3 is 2.12 bits per heavy atom. The Morgan fingerprint density at radius 1 is 1.04 bits per heavy atom. The lowest BCUT2D eigenvalue weighted by Gasteiger charge is -2.17. The van der Waals surface area contributed by atoms with E-state index in [0.717, 1.165) is 0 Å². The van der Waals surface area contributed by atoms with Crippen molar-refractivity contribution in [2.75, 3.05) is 27.9 Å². The lowest BCUT2D eigenvalue weighted by atomic mass is 10.1. The van der Waals surface area contributed by atoms with E-state index >= 15 is 0 Å². The molecule has 0 bridgehead atoms. The van der Waals surface area contributed by atoms with Gasteiger partial charge in [0, 0.05) is 10.6 Å². The van der Waals surface area contributed by atoms with Crippen LogP contribution in [0, 0.1) is 0 Å². The fraction of sp³-hybridized carbons (Fsp3) is 0.316. The van der Waals surface area contributed by atoms with Crippen molar-refractivity contribution in [1.82, 2.24) is 5.32 Å². The van der Waals surface area contributed by atoms with Crippen molar-refractivity contribution in [3.63, 3.8) is 0 Å². The monoisotopic (exact) mass is 379 g/mol. The molecule has 0 spiro atoms. The maximum Gasteiger partial charge on any atom is 0.251 e. The third-order valence-electron chi connectivity index (χ3n) is 3.62. The smallest absolute Gasteiger partial charge is 0.251 e. The van der Waals surface area contributed by atoms with Crippen molar-refractivity contribution in [2.24, 2.45) is 0 Å². The average Bonchev–Trinajstić information content (AvgIpc) is 2.66. The van der Waals surface area contributed by atoms with Crippen molar-refractivity contribution < 1.29 is 23.7 Å². The fourth-order valence-corrected chi connectivity index (χ4v) is 2.44. The molecule has 0 saturated carbocycles. The van der Waals surface area contributed by atoms with Gasteiger partial charge in [-0.1, -0.05) is 11.6 Å². The van der Waals surface area contributed by atoms with E-state index in [9.17, 15) is 4.79 Å². The molecular weight excluding hydrogens is 358 g/mol. The van der Waals surface area contributed by atoms with Crippen molar-refractivity contribution in [3.05, 3.63) is 47.0 Å². The number of amides is 1. The summed E-state index contributed by atoms with van der Waals surface area (Å²) in [7, 11) is 4.51. The number of carbonyl (C=O) groups excluding carboxylic acids is 1. The highest BCUT2D eigenvalue weighted by Gasteiger charge is 2.18. The highest BCUT2D eigenvalue weighted by molar-refractivity contribution is 6.30. The molecule has 1 atom stereocenters. The van der Waals surface area contributed by atoms with E-state index in [0.29, 0.717) is 40.2 Å². The van der Waals surface area contributed by atoms with Crippen molar-refractivity contribution in [1.29, 1.82) is 0 Å². The van der Waals surface area contributed by atoms with Crippen LogP contribution in [0.2, 0.25) is 5.02 Å².